The number of carbonyl (C=O) groups is 2. The molecule has 1 saturated heterocycles. The number of thiophene rings is 1. The first-order chi connectivity index (χ1) is 15.1. The second-order valence-electron chi connectivity index (χ2n) is 7.21. The molecule has 6 nitrogen and oxygen atoms in total. The molecule has 0 spiro atoms. The van der Waals surface area contributed by atoms with Crippen molar-refractivity contribution in [2.24, 2.45) is 0 Å². The molecule has 168 valence electrons. The number of morpholine rings is 1. The molecule has 2 N–H and O–H groups in total. The Bertz CT molecular complexity index is 844. The predicted octanol–water partition coefficient (Wildman–Crippen LogP) is 3.44. The van der Waals surface area contributed by atoms with E-state index in [-0.39, 0.29) is 17.9 Å². The Morgan fingerprint density at radius 2 is 2.00 bits per heavy atom. The number of carbonyl (C=O) groups excluding carboxylic acids is 2. The van der Waals surface area contributed by atoms with Gasteiger partial charge in [0.15, 0.2) is 0 Å². The van der Waals surface area contributed by atoms with Crippen molar-refractivity contribution in [1.29, 1.82) is 0 Å². The SMILES string of the molecule is CSCCC(NC(=O)c1ccccc1Cl)C(=O)NCC(c1cccs1)N1CCOCC1. The molecule has 2 heterocycles. The zero-order valence-corrected chi connectivity index (χ0v) is 19.9. The molecule has 31 heavy (non-hydrogen) atoms. The van der Waals surface area contributed by atoms with E-state index in [2.05, 4.69) is 27.0 Å². The molecular formula is C22H28ClN3O3S2. The third-order valence-electron chi connectivity index (χ3n) is 5.18. The second kappa shape index (κ2) is 12.5. The van der Waals surface area contributed by atoms with Crippen LogP contribution in [0.15, 0.2) is 41.8 Å². The molecule has 0 radical (unpaired) electrons. The molecule has 2 atom stereocenters. The Balaban J connectivity index is 1.66. The Labute approximate surface area is 196 Å². The largest absolute Gasteiger partial charge is 0.379 e. The first-order valence-corrected chi connectivity index (χ1v) is 12.9. The van der Waals surface area contributed by atoms with Crippen LogP contribution in [-0.2, 0) is 9.53 Å². The summed E-state index contributed by atoms with van der Waals surface area (Å²) in [4.78, 5) is 29.3. The van der Waals surface area contributed by atoms with Crippen LogP contribution in [0, 0.1) is 0 Å². The molecule has 2 unspecified atom stereocenters. The van der Waals surface area contributed by atoms with Crippen molar-refractivity contribution in [1.82, 2.24) is 15.5 Å². The summed E-state index contributed by atoms with van der Waals surface area (Å²) >= 11 is 9.48. The maximum Gasteiger partial charge on any atom is 0.253 e. The predicted molar refractivity (Wildman–Crippen MR) is 128 cm³/mol. The van der Waals surface area contributed by atoms with Crippen LogP contribution in [-0.4, -0.2) is 67.6 Å². The molecule has 1 aromatic carbocycles. The van der Waals surface area contributed by atoms with Crippen molar-refractivity contribution in [2.45, 2.75) is 18.5 Å². The molecule has 0 aliphatic carbocycles. The number of benzene rings is 1. The van der Waals surface area contributed by atoms with Gasteiger partial charge in [-0.3, -0.25) is 14.5 Å². The minimum atomic E-state index is -0.620. The van der Waals surface area contributed by atoms with Crippen LogP contribution in [0.1, 0.15) is 27.7 Å². The zero-order valence-electron chi connectivity index (χ0n) is 17.5. The molecule has 1 fully saturated rings. The highest BCUT2D eigenvalue weighted by Gasteiger charge is 2.27. The van der Waals surface area contributed by atoms with Crippen LogP contribution in [0.25, 0.3) is 0 Å². The highest BCUT2D eigenvalue weighted by Crippen LogP contribution is 2.25. The first-order valence-electron chi connectivity index (χ1n) is 10.3. The number of ether oxygens (including phenoxy) is 1. The van der Waals surface area contributed by atoms with E-state index in [9.17, 15) is 9.59 Å². The summed E-state index contributed by atoms with van der Waals surface area (Å²) < 4.78 is 5.48. The smallest absolute Gasteiger partial charge is 0.253 e. The van der Waals surface area contributed by atoms with Gasteiger partial charge in [-0.25, -0.2) is 0 Å². The standard InChI is InChI=1S/C22H28ClN3O3S2/c1-30-14-8-18(25-21(27)16-5-2-3-6-17(16)23)22(28)24-15-19(20-7-4-13-31-20)26-9-11-29-12-10-26/h2-7,13,18-19H,8-12,14-15H2,1H3,(H,24,28)(H,25,27). The lowest BCUT2D eigenvalue weighted by molar-refractivity contribution is -0.123. The number of hydrogen-bond acceptors (Lipinski definition) is 6. The Kier molecular flexibility index (Phi) is 9.67. The van der Waals surface area contributed by atoms with Crippen LogP contribution in [0.4, 0.5) is 0 Å². The van der Waals surface area contributed by atoms with Crippen LogP contribution >= 0.6 is 34.7 Å². The lowest BCUT2D eigenvalue weighted by atomic mass is 10.1. The van der Waals surface area contributed by atoms with Gasteiger partial charge in [-0.1, -0.05) is 29.8 Å². The van der Waals surface area contributed by atoms with Gasteiger partial charge in [0.1, 0.15) is 6.04 Å². The van der Waals surface area contributed by atoms with Gasteiger partial charge in [0.25, 0.3) is 5.91 Å². The van der Waals surface area contributed by atoms with Gasteiger partial charge in [0, 0.05) is 24.5 Å². The Hall–Kier alpha value is -1.58. The number of halogens is 1. The number of nitrogens with zero attached hydrogens (tertiary/aromatic N) is 1. The second-order valence-corrected chi connectivity index (χ2v) is 9.58. The number of hydrogen-bond donors (Lipinski definition) is 2. The fourth-order valence-corrected chi connectivity index (χ4v) is 5.04. The number of thioether (sulfide) groups is 1. The highest BCUT2D eigenvalue weighted by molar-refractivity contribution is 7.98. The maximum absolute atomic E-state index is 13.0. The minimum Gasteiger partial charge on any atom is -0.379 e. The van der Waals surface area contributed by atoms with Crippen molar-refractivity contribution in [3.8, 4) is 0 Å². The summed E-state index contributed by atoms with van der Waals surface area (Å²) in [5.74, 6) is 0.248. The third kappa shape index (κ3) is 6.95. The van der Waals surface area contributed by atoms with Gasteiger partial charge in [-0.05, 0) is 42.0 Å². The van der Waals surface area contributed by atoms with Gasteiger partial charge >= 0.3 is 0 Å². The summed E-state index contributed by atoms with van der Waals surface area (Å²) in [5, 5.41) is 8.36. The topological polar surface area (TPSA) is 70.7 Å². The summed E-state index contributed by atoms with van der Waals surface area (Å²) in [6.07, 6.45) is 2.53. The molecule has 2 aromatic rings. The molecule has 9 heteroatoms. The molecule has 1 aliphatic heterocycles. The van der Waals surface area contributed by atoms with E-state index in [1.807, 2.05) is 12.3 Å². The van der Waals surface area contributed by atoms with E-state index < -0.39 is 6.04 Å². The van der Waals surface area contributed by atoms with Gasteiger partial charge in [0.2, 0.25) is 5.91 Å². The van der Waals surface area contributed by atoms with Crippen LogP contribution in [0.3, 0.4) is 0 Å². The summed E-state index contributed by atoms with van der Waals surface area (Å²) in [7, 11) is 0. The zero-order chi connectivity index (χ0) is 22.1. The van der Waals surface area contributed by atoms with Gasteiger partial charge in [0.05, 0.1) is 29.8 Å². The van der Waals surface area contributed by atoms with Gasteiger partial charge in [-0.2, -0.15) is 11.8 Å². The van der Waals surface area contributed by atoms with Gasteiger partial charge in [-0.15, -0.1) is 11.3 Å². The van der Waals surface area contributed by atoms with Crippen molar-refractivity contribution in [3.05, 3.63) is 57.2 Å². The fraction of sp³-hybridized carbons (Fsp3) is 0.455. The molecule has 0 saturated carbocycles. The lowest BCUT2D eigenvalue weighted by Gasteiger charge is -2.34. The van der Waals surface area contributed by atoms with Crippen molar-refractivity contribution in [2.75, 3.05) is 44.9 Å². The van der Waals surface area contributed by atoms with Crippen LogP contribution < -0.4 is 10.6 Å². The van der Waals surface area contributed by atoms with Crippen molar-refractivity contribution < 1.29 is 14.3 Å². The molecule has 3 rings (SSSR count). The highest BCUT2D eigenvalue weighted by atomic mass is 35.5. The minimum absolute atomic E-state index is 0.0910. The quantitative estimate of drug-likeness (QED) is 0.544. The number of rotatable bonds is 10. The average molecular weight is 482 g/mol. The average Bonchev–Trinajstić information content (AvgIpc) is 3.32. The number of amides is 2. The monoisotopic (exact) mass is 481 g/mol. The van der Waals surface area contributed by atoms with E-state index in [1.165, 1.54) is 4.88 Å². The summed E-state index contributed by atoms with van der Waals surface area (Å²) in [5.41, 5.74) is 0.371. The normalized spacial score (nSPS) is 16.5. The molecule has 1 aromatic heterocycles. The van der Waals surface area contributed by atoms with Crippen molar-refractivity contribution in [3.63, 3.8) is 0 Å². The molecular weight excluding hydrogens is 454 g/mol. The Morgan fingerprint density at radius 3 is 2.68 bits per heavy atom. The maximum atomic E-state index is 13.0. The van der Waals surface area contributed by atoms with E-state index >= 15 is 0 Å². The number of nitrogens with one attached hydrogen (secondary N) is 2. The Morgan fingerprint density at radius 1 is 1.23 bits per heavy atom. The van der Waals surface area contributed by atoms with Crippen LogP contribution in [0.2, 0.25) is 5.02 Å². The van der Waals surface area contributed by atoms with Crippen molar-refractivity contribution >= 4 is 46.5 Å². The first kappa shape index (κ1) is 24.1. The van der Waals surface area contributed by atoms with E-state index in [0.29, 0.717) is 36.8 Å². The van der Waals surface area contributed by atoms with E-state index in [4.69, 9.17) is 16.3 Å². The van der Waals surface area contributed by atoms with Crippen LogP contribution in [0.5, 0.6) is 0 Å². The lowest BCUT2D eigenvalue weighted by Crippen LogP contribution is -2.50. The summed E-state index contributed by atoms with van der Waals surface area (Å²) in [6.45, 7) is 3.53. The van der Waals surface area contributed by atoms with Gasteiger partial charge < -0.3 is 15.4 Å². The fourth-order valence-electron chi connectivity index (χ4n) is 3.49. The molecule has 2 amide bonds. The van der Waals surface area contributed by atoms with E-state index in [0.717, 1.165) is 18.8 Å². The molecule has 0 bridgehead atoms. The van der Waals surface area contributed by atoms with E-state index in [1.54, 1.807) is 47.4 Å². The molecule has 1 aliphatic rings. The third-order valence-corrected chi connectivity index (χ3v) is 7.13. The summed E-state index contributed by atoms with van der Waals surface area (Å²) in [6, 6.07) is 10.5.